The van der Waals surface area contributed by atoms with E-state index in [9.17, 15) is 4.79 Å². The lowest BCUT2D eigenvalue weighted by molar-refractivity contribution is -0.121. The van der Waals surface area contributed by atoms with E-state index in [-0.39, 0.29) is 5.91 Å². The zero-order valence-electron chi connectivity index (χ0n) is 8.43. The summed E-state index contributed by atoms with van der Waals surface area (Å²) < 4.78 is 0. The quantitative estimate of drug-likeness (QED) is 0.451. The first-order valence-electron chi connectivity index (χ1n) is 4.97. The zero-order valence-corrected chi connectivity index (χ0v) is 9.25. The first-order valence-corrected chi connectivity index (χ1v) is 5.38. The highest BCUT2D eigenvalue weighted by atomic mass is 32.1. The average Bonchev–Trinajstić information content (AvgIpc) is 2.95. The van der Waals surface area contributed by atoms with E-state index in [2.05, 4.69) is 16.0 Å². The largest absolute Gasteiger partial charge is 0.366 e. The molecule has 1 aliphatic rings. The molecular weight excluding hydrogens is 198 g/mol. The number of amides is 1. The number of nitrogens with one attached hydrogen (secondary N) is 3. The van der Waals surface area contributed by atoms with E-state index in [0.717, 1.165) is 25.8 Å². The van der Waals surface area contributed by atoms with Gasteiger partial charge < -0.3 is 16.0 Å². The second-order valence-electron chi connectivity index (χ2n) is 3.45. The molecule has 0 aromatic carbocycles. The Kier molecular flexibility index (Phi) is 4.65. The van der Waals surface area contributed by atoms with Gasteiger partial charge in [-0.15, -0.1) is 0 Å². The molecule has 1 saturated carbocycles. The van der Waals surface area contributed by atoms with Crippen LogP contribution in [0.25, 0.3) is 0 Å². The molecule has 1 amide bonds. The van der Waals surface area contributed by atoms with E-state index in [4.69, 9.17) is 12.2 Å². The first kappa shape index (κ1) is 11.2. The molecular formula is C9H17N3OS. The van der Waals surface area contributed by atoms with Gasteiger partial charge in [0.1, 0.15) is 0 Å². The summed E-state index contributed by atoms with van der Waals surface area (Å²) in [6, 6.07) is 0.467. The SMILES string of the molecule is CNC(=S)NCCCC(=O)NC1CC1. The van der Waals surface area contributed by atoms with Crippen molar-refractivity contribution < 1.29 is 4.79 Å². The Morgan fingerprint density at radius 1 is 1.50 bits per heavy atom. The zero-order chi connectivity index (χ0) is 10.4. The molecule has 1 rings (SSSR count). The van der Waals surface area contributed by atoms with Gasteiger partial charge in [0.2, 0.25) is 5.91 Å². The fourth-order valence-electron chi connectivity index (χ4n) is 1.07. The number of thiocarbonyl (C=S) groups is 1. The highest BCUT2D eigenvalue weighted by molar-refractivity contribution is 7.80. The molecule has 4 nitrogen and oxygen atoms in total. The molecule has 80 valence electrons. The minimum atomic E-state index is 0.157. The minimum Gasteiger partial charge on any atom is -0.366 e. The molecule has 0 spiro atoms. The van der Waals surface area contributed by atoms with Crippen LogP contribution < -0.4 is 16.0 Å². The Morgan fingerprint density at radius 3 is 2.79 bits per heavy atom. The van der Waals surface area contributed by atoms with Crippen LogP contribution in [0.3, 0.4) is 0 Å². The van der Waals surface area contributed by atoms with Gasteiger partial charge in [0.25, 0.3) is 0 Å². The highest BCUT2D eigenvalue weighted by Gasteiger charge is 2.22. The molecule has 14 heavy (non-hydrogen) atoms. The van der Waals surface area contributed by atoms with Crippen molar-refractivity contribution in [3.05, 3.63) is 0 Å². The van der Waals surface area contributed by atoms with Crippen LogP contribution in [0.1, 0.15) is 25.7 Å². The predicted octanol–water partition coefficient (Wildman–Crippen LogP) is 0.139. The number of carbonyl (C=O) groups excluding carboxylic acids is 1. The number of rotatable bonds is 5. The maximum absolute atomic E-state index is 11.2. The standard InChI is InChI=1S/C9H17N3OS/c1-10-9(14)11-6-2-3-8(13)12-7-4-5-7/h7H,2-6H2,1H3,(H,12,13)(H2,10,11,14). The van der Waals surface area contributed by atoms with Crippen molar-refractivity contribution in [1.29, 1.82) is 0 Å². The number of hydrogen-bond acceptors (Lipinski definition) is 2. The minimum absolute atomic E-state index is 0.157. The Balaban J connectivity index is 1.91. The third kappa shape index (κ3) is 5.01. The van der Waals surface area contributed by atoms with Crippen molar-refractivity contribution in [2.24, 2.45) is 0 Å². The van der Waals surface area contributed by atoms with E-state index in [1.165, 1.54) is 0 Å². The predicted molar refractivity (Wildman–Crippen MR) is 60.1 cm³/mol. The molecule has 1 aliphatic carbocycles. The van der Waals surface area contributed by atoms with Gasteiger partial charge in [-0.2, -0.15) is 0 Å². The van der Waals surface area contributed by atoms with E-state index < -0.39 is 0 Å². The van der Waals surface area contributed by atoms with Crippen LogP contribution in [-0.2, 0) is 4.79 Å². The van der Waals surface area contributed by atoms with Crippen molar-refractivity contribution in [1.82, 2.24) is 16.0 Å². The van der Waals surface area contributed by atoms with Gasteiger partial charge in [0, 0.05) is 26.1 Å². The molecule has 0 aromatic heterocycles. The summed E-state index contributed by atoms with van der Waals surface area (Å²) in [6.07, 6.45) is 3.69. The van der Waals surface area contributed by atoms with Gasteiger partial charge in [-0.1, -0.05) is 0 Å². The second kappa shape index (κ2) is 5.80. The van der Waals surface area contributed by atoms with Crippen molar-refractivity contribution >= 4 is 23.2 Å². The molecule has 0 atom stereocenters. The Hall–Kier alpha value is -0.840. The Morgan fingerprint density at radius 2 is 2.21 bits per heavy atom. The lowest BCUT2D eigenvalue weighted by Crippen LogP contribution is -2.33. The van der Waals surface area contributed by atoms with E-state index in [1.54, 1.807) is 7.05 Å². The summed E-state index contributed by atoms with van der Waals surface area (Å²) in [5.74, 6) is 0.157. The Labute approximate surface area is 89.8 Å². The molecule has 1 fully saturated rings. The maximum Gasteiger partial charge on any atom is 0.220 e. The highest BCUT2D eigenvalue weighted by Crippen LogP contribution is 2.18. The maximum atomic E-state index is 11.2. The third-order valence-corrected chi connectivity index (χ3v) is 2.38. The van der Waals surface area contributed by atoms with Crippen molar-refractivity contribution in [2.75, 3.05) is 13.6 Å². The fourth-order valence-corrected chi connectivity index (χ4v) is 1.17. The topological polar surface area (TPSA) is 53.2 Å². The molecule has 0 radical (unpaired) electrons. The van der Waals surface area contributed by atoms with Crippen LogP contribution in [0.15, 0.2) is 0 Å². The van der Waals surface area contributed by atoms with E-state index >= 15 is 0 Å². The van der Waals surface area contributed by atoms with Gasteiger partial charge in [-0.3, -0.25) is 4.79 Å². The third-order valence-electron chi connectivity index (χ3n) is 2.04. The summed E-state index contributed by atoms with van der Waals surface area (Å²) in [6.45, 7) is 0.748. The van der Waals surface area contributed by atoms with Gasteiger partial charge >= 0.3 is 0 Å². The average molecular weight is 215 g/mol. The van der Waals surface area contributed by atoms with Gasteiger partial charge in [0.15, 0.2) is 5.11 Å². The van der Waals surface area contributed by atoms with Crippen LogP contribution in [0, 0.1) is 0 Å². The van der Waals surface area contributed by atoms with Crippen LogP contribution in [-0.4, -0.2) is 30.7 Å². The number of hydrogen-bond donors (Lipinski definition) is 3. The molecule has 0 unspecified atom stereocenters. The first-order chi connectivity index (χ1) is 6.72. The van der Waals surface area contributed by atoms with Gasteiger partial charge in [-0.25, -0.2) is 0 Å². The molecule has 0 saturated heterocycles. The van der Waals surface area contributed by atoms with Crippen LogP contribution in [0.5, 0.6) is 0 Å². The van der Waals surface area contributed by atoms with Gasteiger partial charge in [-0.05, 0) is 31.5 Å². The summed E-state index contributed by atoms with van der Waals surface area (Å²) in [7, 11) is 1.77. The number of carbonyl (C=O) groups is 1. The van der Waals surface area contributed by atoms with E-state index in [0.29, 0.717) is 17.6 Å². The smallest absolute Gasteiger partial charge is 0.220 e. The molecule has 0 aromatic rings. The van der Waals surface area contributed by atoms with Crippen molar-refractivity contribution in [3.8, 4) is 0 Å². The van der Waals surface area contributed by atoms with E-state index in [1.807, 2.05) is 0 Å². The van der Waals surface area contributed by atoms with Crippen LogP contribution >= 0.6 is 12.2 Å². The molecule has 0 aliphatic heterocycles. The normalized spacial score (nSPS) is 14.6. The second-order valence-corrected chi connectivity index (χ2v) is 3.86. The monoisotopic (exact) mass is 215 g/mol. The summed E-state index contributed by atoms with van der Waals surface area (Å²) in [5.41, 5.74) is 0. The van der Waals surface area contributed by atoms with Crippen molar-refractivity contribution in [3.63, 3.8) is 0 Å². The molecule has 0 bridgehead atoms. The Bertz CT molecular complexity index is 216. The summed E-state index contributed by atoms with van der Waals surface area (Å²) in [4.78, 5) is 11.2. The fraction of sp³-hybridized carbons (Fsp3) is 0.778. The van der Waals surface area contributed by atoms with Crippen LogP contribution in [0.4, 0.5) is 0 Å². The van der Waals surface area contributed by atoms with Crippen LogP contribution in [0.2, 0.25) is 0 Å². The lowest BCUT2D eigenvalue weighted by atomic mass is 10.3. The molecule has 0 heterocycles. The lowest BCUT2D eigenvalue weighted by Gasteiger charge is -2.06. The van der Waals surface area contributed by atoms with Gasteiger partial charge in [0.05, 0.1) is 0 Å². The summed E-state index contributed by atoms with van der Waals surface area (Å²) in [5, 5.41) is 9.38. The molecule has 3 N–H and O–H groups in total. The molecule has 5 heteroatoms. The summed E-state index contributed by atoms with van der Waals surface area (Å²) >= 11 is 4.89. The van der Waals surface area contributed by atoms with Crippen molar-refractivity contribution in [2.45, 2.75) is 31.7 Å².